The smallest absolute Gasteiger partial charge is 0.239 e. The van der Waals surface area contributed by atoms with Gasteiger partial charge in [0.2, 0.25) is 5.91 Å². The zero-order valence-electron chi connectivity index (χ0n) is 16.1. The largest absolute Gasteiger partial charge is 0.497 e. The number of ether oxygens (including phenoxy) is 1. The number of sulfone groups is 1. The van der Waals surface area contributed by atoms with Gasteiger partial charge in [-0.2, -0.15) is 0 Å². The normalized spacial score (nSPS) is 17.0. The van der Waals surface area contributed by atoms with E-state index in [0.29, 0.717) is 25.4 Å². The summed E-state index contributed by atoms with van der Waals surface area (Å²) < 4.78 is 42.9. The molecule has 0 aromatic heterocycles. The first-order valence-electron chi connectivity index (χ1n) is 9.27. The Morgan fingerprint density at radius 1 is 1.21 bits per heavy atom. The third kappa shape index (κ3) is 5.45. The molecule has 0 spiro atoms. The zero-order valence-corrected chi connectivity index (χ0v) is 16.9. The van der Waals surface area contributed by atoms with Crippen molar-refractivity contribution in [2.75, 3.05) is 43.9 Å². The van der Waals surface area contributed by atoms with Crippen LogP contribution in [0, 0.1) is 5.82 Å². The second kappa shape index (κ2) is 9.23. The van der Waals surface area contributed by atoms with E-state index in [1.54, 1.807) is 24.3 Å². The van der Waals surface area contributed by atoms with Crippen molar-refractivity contribution in [2.45, 2.75) is 10.9 Å². The number of piperazine rings is 1. The van der Waals surface area contributed by atoms with E-state index in [1.165, 1.54) is 31.4 Å². The maximum atomic E-state index is 13.1. The molecule has 0 radical (unpaired) electrons. The van der Waals surface area contributed by atoms with Crippen molar-refractivity contribution >= 4 is 21.4 Å². The van der Waals surface area contributed by atoms with Crippen molar-refractivity contribution in [1.82, 2.24) is 10.6 Å². The monoisotopic (exact) mass is 421 g/mol. The predicted octanol–water partition coefficient (Wildman–Crippen LogP) is 1.20. The van der Waals surface area contributed by atoms with E-state index in [1.807, 2.05) is 4.90 Å². The molecule has 1 atom stereocenters. The average molecular weight is 421 g/mol. The van der Waals surface area contributed by atoms with Crippen LogP contribution in [0.15, 0.2) is 53.4 Å². The van der Waals surface area contributed by atoms with E-state index in [4.69, 9.17) is 4.74 Å². The summed E-state index contributed by atoms with van der Waals surface area (Å²) in [5, 5.41) is 5.82. The summed E-state index contributed by atoms with van der Waals surface area (Å²) in [6.45, 7) is 1.73. The molecule has 1 aliphatic heterocycles. The molecule has 7 nitrogen and oxygen atoms in total. The number of amides is 1. The standard InChI is InChI=1S/C20H24FN3O4S/c1-28-17-6-8-18(9-7-17)29(26,27)13-11-23-20(25)19-14-24(12-10-22-19)16-4-2-15(21)3-5-16/h2-9,19,22H,10-14H2,1H3,(H,23,25). The maximum absolute atomic E-state index is 13.1. The van der Waals surface area contributed by atoms with Crippen molar-refractivity contribution in [3.63, 3.8) is 0 Å². The summed E-state index contributed by atoms with van der Waals surface area (Å²) in [4.78, 5) is 14.6. The van der Waals surface area contributed by atoms with Crippen molar-refractivity contribution in [3.05, 3.63) is 54.3 Å². The molecule has 3 rings (SSSR count). The van der Waals surface area contributed by atoms with Crippen LogP contribution in [0.4, 0.5) is 10.1 Å². The van der Waals surface area contributed by atoms with Crippen molar-refractivity contribution in [2.24, 2.45) is 0 Å². The molecule has 1 heterocycles. The highest BCUT2D eigenvalue weighted by atomic mass is 32.2. The summed E-state index contributed by atoms with van der Waals surface area (Å²) >= 11 is 0. The van der Waals surface area contributed by atoms with Gasteiger partial charge in [0.1, 0.15) is 17.6 Å². The van der Waals surface area contributed by atoms with Gasteiger partial charge in [-0.05, 0) is 48.5 Å². The minimum absolute atomic E-state index is 0.0158. The number of halogens is 1. The fourth-order valence-corrected chi connectivity index (χ4v) is 4.30. The number of hydrogen-bond acceptors (Lipinski definition) is 6. The van der Waals surface area contributed by atoms with Gasteiger partial charge < -0.3 is 20.3 Å². The van der Waals surface area contributed by atoms with Crippen LogP contribution in [-0.2, 0) is 14.6 Å². The molecular formula is C20H24FN3O4S. The average Bonchev–Trinajstić information content (AvgIpc) is 2.74. The second-order valence-corrected chi connectivity index (χ2v) is 8.82. The SMILES string of the molecule is COc1ccc(S(=O)(=O)CCNC(=O)C2CN(c3ccc(F)cc3)CCN2)cc1. The summed E-state index contributed by atoms with van der Waals surface area (Å²) in [5.74, 6) is -0.191. The lowest BCUT2D eigenvalue weighted by atomic mass is 10.1. The van der Waals surface area contributed by atoms with E-state index in [2.05, 4.69) is 10.6 Å². The Kier molecular flexibility index (Phi) is 6.71. The molecule has 156 valence electrons. The van der Waals surface area contributed by atoms with Gasteiger partial charge in [0.05, 0.1) is 17.8 Å². The summed E-state index contributed by atoms with van der Waals surface area (Å²) in [5.41, 5.74) is 0.841. The van der Waals surface area contributed by atoms with Crippen LogP contribution in [0.1, 0.15) is 0 Å². The number of hydrogen-bond donors (Lipinski definition) is 2. The lowest BCUT2D eigenvalue weighted by Gasteiger charge is -2.34. The van der Waals surface area contributed by atoms with Crippen LogP contribution >= 0.6 is 0 Å². The number of anilines is 1. The number of rotatable bonds is 7. The Bertz CT molecular complexity index is 933. The van der Waals surface area contributed by atoms with Gasteiger partial charge in [0, 0.05) is 31.9 Å². The molecule has 9 heteroatoms. The summed E-state index contributed by atoms with van der Waals surface area (Å²) in [6, 6.07) is 11.8. The number of methoxy groups -OCH3 is 1. The lowest BCUT2D eigenvalue weighted by molar-refractivity contribution is -0.123. The number of nitrogens with zero attached hydrogens (tertiary/aromatic N) is 1. The summed E-state index contributed by atoms with van der Waals surface area (Å²) in [7, 11) is -2.00. The minimum Gasteiger partial charge on any atom is -0.497 e. The Balaban J connectivity index is 1.52. The zero-order chi connectivity index (χ0) is 20.9. The topological polar surface area (TPSA) is 87.7 Å². The van der Waals surface area contributed by atoms with E-state index >= 15 is 0 Å². The van der Waals surface area contributed by atoms with Gasteiger partial charge in [-0.3, -0.25) is 4.79 Å². The van der Waals surface area contributed by atoms with Crippen LogP contribution in [0.25, 0.3) is 0 Å². The maximum Gasteiger partial charge on any atom is 0.239 e. The molecule has 2 aromatic rings. The van der Waals surface area contributed by atoms with Crippen molar-refractivity contribution in [3.8, 4) is 5.75 Å². The lowest BCUT2D eigenvalue weighted by Crippen LogP contribution is -2.57. The van der Waals surface area contributed by atoms with Crippen LogP contribution < -0.4 is 20.3 Å². The number of carbonyl (C=O) groups excluding carboxylic acids is 1. The van der Waals surface area contributed by atoms with Gasteiger partial charge >= 0.3 is 0 Å². The van der Waals surface area contributed by atoms with Crippen LogP contribution in [0.5, 0.6) is 5.75 Å². The number of carbonyl (C=O) groups is 1. The number of benzene rings is 2. The van der Waals surface area contributed by atoms with E-state index in [-0.39, 0.29) is 28.9 Å². The fraction of sp³-hybridized carbons (Fsp3) is 0.350. The Morgan fingerprint density at radius 3 is 2.55 bits per heavy atom. The third-order valence-corrected chi connectivity index (χ3v) is 6.50. The van der Waals surface area contributed by atoms with Crippen LogP contribution in [0.3, 0.4) is 0 Å². The van der Waals surface area contributed by atoms with E-state index in [0.717, 1.165) is 5.69 Å². The van der Waals surface area contributed by atoms with Crippen molar-refractivity contribution < 1.29 is 22.3 Å². The van der Waals surface area contributed by atoms with Gasteiger partial charge in [0.25, 0.3) is 0 Å². The second-order valence-electron chi connectivity index (χ2n) is 6.71. The molecule has 2 aromatic carbocycles. The minimum atomic E-state index is -3.51. The predicted molar refractivity (Wildman–Crippen MR) is 108 cm³/mol. The van der Waals surface area contributed by atoms with E-state index < -0.39 is 15.9 Å². The molecule has 0 bridgehead atoms. The molecule has 1 saturated heterocycles. The quantitative estimate of drug-likeness (QED) is 0.699. The molecular weight excluding hydrogens is 397 g/mol. The molecule has 1 unspecified atom stereocenters. The van der Waals surface area contributed by atoms with Gasteiger partial charge in [-0.25, -0.2) is 12.8 Å². The third-order valence-electron chi connectivity index (χ3n) is 4.77. The Hall–Kier alpha value is -2.65. The van der Waals surface area contributed by atoms with Crippen LogP contribution in [-0.4, -0.2) is 59.4 Å². The molecule has 1 amide bonds. The van der Waals surface area contributed by atoms with Crippen molar-refractivity contribution in [1.29, 1.82) is 0 Å². The fourth-order valence-electron chi connectivity index (χ4n) is 3.14. The summed E-state index contributed by atoms with van der Waals surface area (Å²) in [6.07, 6.45) is 0. The van der Waals surface area contributed by atoms with Gasteiger partial charge in [-0.15, -0.1) is 0 Å². The first-order valence-corrected chi connectivity index (χ1v) is 10.9. The first kappa shape index (κ1) is 21.1. The molecule has 0 saturated carbocycles. The Morgan fingerprint density at radius 2 is 1.90 bits per heavy atom. The first-order chi connectivity index (χ1) is 13.9. The van der Waals surface area contributed by atoms with E-state index in [9.17, 15) is 17.6 Å². The number of nitrogens with one attached hydrogen (secondary N) is 2. The highest BCUT2D eigenvalue weighted by Gasteiger charge is 2.26. The highest BCUT2D eigenvalue weighted by Crippen LogP contribution is 2.17. The molecule has 2 N–H and O–H groups in total. The van der Waals surface area contributed by atoms with Gasteiger partial charge in [-0.1, -0.05) is 0 Å². The molecule has 0 aliphatic carbocycles. The molecule has 1 fully saturated rings. The van der Waals surface area contributed by atoms with Crippen LogP contribution in [0.2, 0.25) is 0 Å². The van der Waals surface area contributed by atoms with Gasteiger partial charge in [0.15, 0.2) is 9.84 Å². The molecule has 1 aliphatic rings. The Labute approximate surface area is 169 Å². The molecule has 29 heavy (non-hydrogen) atoms. The highest BCUT2D eigenvalue weighted by molar-refractivity contribution is 7.91.